The fraction of sp³-hybridized carbons (Fsp3) is 0.857. The van der Waals surface area contributed by atoms with E-state index in [4.69, 9.17) is 4.74 Å². The highest BCUT2D eigenvalue weighted by Gasteiger charge is 2.49. The van der Waals surface area contributed by atoms with Gasteiger partial charge in [-0.25, -0.2) is 0 Å². The van der Waals surface area contributed by atoms with Gasteiger partial charge in [0.15, 0.2) is 0 Å². The van der Waals surface area contributed by atoms with Crippen molar-refractivity contribution < 1.29 is 14.3 Å². The maximum Gasteiger partial charge on any atom is 0.226 e. The monoisotopic (exact) mass is 268 g/mol. The Morgan fingerprint density at radius 1 is 1.21 bits per heavy atom. The second-order valence-electron chi connectivity index (χ2n) is 5.47. The number of carbonyl (C=O) groups excluding carboxylic acids is 2. The lowest BCUT2D eigenvalue weighted by Gasteiger charge is -2.26. The zero-order valence-electron chi connectivity index (χ0n) is 11.7. The van der Waals surface area contributed by atoms with Gasteiger partial charge in [-0.1, -0.05) is 0 Å². The third-order valence-corrected chi connectivity index (χ3v) is 3.94. The van der Waals surface area contributed by atoms with E-state index in [0.717, 1.165) is 38.8 Å². The van der Waals surface area contributed by atoms with Crippen molar-refractivity contribution in [3.8, 4) is 0 Å². The molecule has 2 rings (SSSR count). The predicted molar refractivity (Wildman–Crippen MR) is 71.5 cm³/mol. The van der Waals surface area contributed by atoms with Gasteiger partial charge >= 0.3 is 0 Å². The molecule has 1 aliphatic heterocycles. The van der Waals surface area contributed by atoms with Gasteiger partial charge in [0.05, 0.1) is 11.8 Å². The first-order valence-corrected chi connectivity index (χ1v) is 7.29. The van der Waals surface area contributed by atoms with Crippen LogP contribution in [0.4, 0.5) is 0 Å². The first-order chi connectivity index (χ1) is 9.24. The van der Waals surface area contributed by atoms with E-state index < -0.39 is 0 Å². The minimum atomic E-state index is -0.0861. The van der Waals surface area contributed by atoms with E-state index in [2.05, 4.69) is 5.32 Å². The standard InChI is InChI=1S/C14H24N2O3/c1-19-9-5-6-15-13(17)11-10-12(11)14(18)16-7-3-2-4-8-16/h11-12H,2-10H2,1H3,(H,15,17). The fourth-order valence-electron chi connectivity index (χ4n) is 2.67. The highest BCUT2D eigenvalue weighted by Crippen LogP contribution is 2.40. The molecule has 0 aromatic heterocycles. The number of hydrogen-bond donors (Lipinski definition) is 1. The van der Waals surface area contributed by atoms with Crippen LogP contribution >= 0.6 is 0 Å². The van der Waals surface area contributed by atoms with Crippen molar-refractivity contribution in [3.05, 3.63) is 0 Å². The smallest absolute Gasteiger partial charge is 0.226 e. The van der Waals surface area contributed by atoms with Crippen molar-refractivity contribution >= 4 is 11.8 Å². The second kappa shape index (κ2) is 6.89. The lowest BCUT2D eigenvalue weighted by Crippen LogP contribution is -2.38. The van der Waals surface area contributed by atoms with Gasteiger partial charge in [-0.2, -0.15) is 0 Å². The SMILES string of the molecule is COCCCNC(=O)C1CC1C(=O)N1CCCCC1. The summed E-state index contributed by atoms with van der Waals surface area (Å²) in [6, 6.07) is 0. The molecule has 2 fully saturated rings. The Morgan fingerprint density at radius 3 is 2.63 bits per heavy atom. The van der Waals surface area contributed by atoms with Gasteiger partial charge in [0.1, 0.15) is 0 Å². The van der Waals surface area contributed by atoms with Gasteiger partial charge < -0.3 is 15.0 Å². The molecule has 1 saturated carbocycles. The first-order valence-electron chi connectivity index (χ1n) is 7.29. The molecule has 1 N–H and O–H groups in total. The van der Waals surface area contributed by atoms with E-state index in [9.17, 15) is 9.59 Å². The summed E-state index contributed by atoms with van der Waals surface area (Å²) in [6.45, 7) is 3.03. The number of piperidine rings is 1. The van der Waals surface area contributed by atoms with Crippen molar-refractivity contribution in [3.63, 3.8) is 0 Å². The van der Waals surface area contributed by atoms with Gasteiger partial charge in [-0.15, -0.1) is 0 Å². The van der Waals surface area contributed by atoms with Crippen LogP contribution in [0.3, 0.4) is 0 Å². The third kappa shape index (κ3) is 3.93. The van der Waals surface area contributed by atoms with E-state index in [0.29, 0.717) is 13.2 Å². The summed E-state index contributed by atoms with van der Waals surface area (Å²) in [4.78, 5) is 26.0. The van der Waals surface area contributed by atoms with Crippen LogP contribution in [0.1, 0.15) is 32.1 Å². The van der Waals surface area contributed by atoms with Crippen LogP contribution in [-0.4, -0.2) is 50.1 Å². The van der Waals surface area contributed by atoms with E-state index in [-0.39, 0.29) is 23.7 Å². The van der Waals surface area contributed by atoms with Crippen LogP contribution in [0.25, 0.3) is 0 Å². The van der Waals surface area contributed by atoms with Crippen molar-refractivity contribution in [1.29, 1.82) is 0 Å². The summed E-state index contributed by atoms with van der Waals surface area (Å²) < 4.78 is 4.93. The predicted octanol–water partition coefficient (Wildman–Crippen LogP) is 0.788. The van der Waals surface area contributed by atoms with E-state index in [1.54, 1.807) is 7.11 Å². The minimum absolute atomic E-state index is 0.0338. The third-order valence-electron chi connectivity index (χ3n) is 3.94. The zero-order valence-corrected chi connectivity index (χ0v) is 11.7. The number of ether oxygens (including phenoxy) is 1. The summed E-state index contributed by atoms with van der Waals surface area (Å²) in [7, 11) is 1.65. The molecule has 2 amide bonds. The molecule has 5 nitrogen and oxygen atoms in total. The molecule has 1 aliphatic carbocycles. The van der Waals surface area contributed by atoms with Crippen LogP contribution < -0.4 is 5.32 Å². The van der Waals surface area contributed by atoms with Gasteiger partial charge in [0.25, 0.3) is 0 Å². The van der Waals surface area contributed by atoms with Crippen LogP contribution in [0, 0.1) is 11.8 Å². The molecule has 108 valence electrons. The average molecular weight is 268 g/mol. The maximum absolute atomic E-state index is 12.2. The summed E-state index contributed by atoms with van der Waals surface area (Å²) in [5.74, 6) is 0.0840. The Bertz CT molecular complexity index is 327. The minimum Gasteiger partial charge on any atom is -0.385 e. The molecule has 0 aromatic rings. The Kier molecular flexibility index (Phi) is 5.19. The van der Waals surface area contributed by atoms with E-state index in [1.807, 2.05) is 4.90 Å². The summed E-state index contributed by atoms with van der Waals surface area (Å²) in [5.41, 5.74) is 0. The van der Waals surface area contributed by atoms with Gasteiger partial charge in [-0.05, 0) is 32.1 Å². The van der Waals surface area contributed by atoms with Crippen molar-refractivity contribution in [2.45, 2.75) is 32.1 Å². The van der Waals surface area contributed by atoms with Gasteiger partial charge in [0, 0.05) is 33.4 Å². The molecule has 0 spiro atoms. The van der Waals surface area contributed by atoms with Crippen LogP contribution in [0.15, 0.2) is 0 Å². The molecule has 0 aromatic carbocycles. The normalized spacial score (nSPS) is 26.1. The quantitative estimate of drug-likeness (QED) is 0.725. The fourth-order valence-corrected chi connectivity index (χ4v) is 2.67. The molecular weight excluding hydrogens is 244 g/mol. The number of rotatable bonds is 6. The number of likely N-dealkylation sites (tertiary alicyclic amines) is 1. The number of hydrogen-bond acceptors (Lipinski definition) is 3. The molecule has 2 atom stereocenters. The molecule has 1 heterocycles. The highest BCUT2D eigenvalue weighted by molar-refractivity contribution is 5.92. The Balaban J connectivity index is 1.67. The van der Waals surface area contributed by atoms with Crippen molar-refractivity contribution in [2.75, 3.05) is 33.4 Å². The number of carbonyl (C=O) groups is 2. The summed E-state index contributed by atoms with van der Waals surface area (Å²) in [6.07, 6.45) is 4.97. The van der Waals surface area contributed by atoms with E-state index in [1.165, 1.54) is 6.42 Å². The molecule has 19 heavy (non-hydrogen) atoms. The molecule has 2 unspecified atom stereocenters. The second-order valence-corrected chi connectivity index (χ2v) is 5.47. The number of nitrogens with one attached hydrogen (secondary N) is 1. The molecular formula is C14H24N2O3. The number of amides is 2. The van der Waals surface area contributed by atoms with E-state index >= 15 is 0 Å². The van der Waals surface area contributed by atoms with Crippen LogP contribution in [0.5, 0.6) is 0 Å². The number of nitrogens with zero attached hydrogens (tertiary/aromatic N) is 1. The largest absolute Gasteiger partial charge is 0.385 e. The van der Waals surface area contributed by atoms with Crippen molar-refractivity contribution in [1.82, 2.24) is 10.2 Å². The molecule has 0 bridgehead atoms. The molecule has 1 saturated heterocycles. The molecule has 2 aliphatic rings. The Hall–Kier alpha value is -1.10. The summed E-state index contributed by atoms with van der Waals surface area (Å²) >= 11 is 0. The first kappa shape index (κ1) is 14.3. The summed E-state index contributed by atoms with van der Waals surface area (Å²) in [5, 5.41) is 2.88. The lowest BCUT2D eigenvalue weighted by atomic mass is 10.1. The van der Waals surface area contributed by atoms with Crippen LogP contribution in [-0.2, 0) is 14.3 Å². The maximum atomic E-state index is 12.2. The number of methoxy groups -OCH3 is 1. The lowest BCUT2D eigenvalue weighted by molar-refractivity contribution is -0.135. The topological polar surface area (TPSA) is 58.6 Å². The Labute approximate surface area is 114 Å². The van der Waals surface area contributed by atoms with Crippen molar-refractivity contribution in [2.24, 2.45) is 11.8 Å². The van der Waals surface area contributed by atoms with Gasteiger partial charge in [0.2, 0.25) is 11.8 Å². The Morgan fingerprint density at radius 2 is 1.95 bits per heavy atom. The molecule has 5 heteroatoms. The zero-order chi connectivity index (χ0) is 13.7. The molecule has 0 radical (unpaired) electrons. The highest BCUT2D eigenvalue weighted by atomic mass is 16.5. The van der Waals surface area contributed by atoms with Crippen LogP contribution in [0.2, 0.25) is 0 Å². The average Bonchev–Trinajstić information content (AvgIpc) is 3.24. The van der Waals surface area contributed by atoms with Gasteiger partial charge in [-0.3, -0.25) is 9.59 Å².